The van der Waals surface area contributed by atoms with Gasteiger partial charge in [0, 0.05) is 17.5 Å². The Balaban J connectivity index is 1.11. The molecule has 35 heavy (non-hydrogen) atoms. The molecule has 1 heterocycles. The number of fused-ring (bicyclic) bond motifs is 1. The average molecular weight is 481 g/mol. The number of thiazole rings is 1. The van der Waals surface area contributed by atoms with Crippen molar-refractivity contribution in [3.63, 3.8) is 0 Å². The van der Waals surface area contributed by atoms with Gasteiger partial charge >= 0.3 is 0 Å². The van der Waals surface area contributed by atoms with E-state index in [0.29, 0.717) is 17.5 Å². The first-order chi connectivity index (χ1) is 17.2. The Morgan fingerprint density at radius 3 is 2.34 bits per heavy atom. The van der Waals surface area contributed by atoms with Crippen LogP contribution in [0.4, 0.5) is 5.13 Å². The number of anilines is 1. The van der Waals surface area contributed by atoms with Gasteiger partial charge in [-0.25, -0.2) is 4.98 Å². The van der Waals surface area contributed by atoms with Crippen molar-refractivity contribution < 1.29 is 14.3 Å². The Kier molecular flexibility index (Phi) is 7.01. The third kappa shape index (κ3) is 6.05. The highest BCUT2D eigenvalue weighted by molar-refractivity contribution is 7.15. The third-order valence-corrected chi connectivity index (χ3v) is 6.40. The van der Waals surface area contributed by atoms with E-state index in [4.69, 9.17) is 9.47 Å². The second-order valence-electron chi connectivity index (χ2n) is 8.03. The zero-order valence-corrected chi connectivity index (χ0v) is 19.8. The molecule has 0 saturated carbocycles. The van der Waals surface area contributed by atoms with E-state index in [2.05, 4.69) is 46.7 Å². The van der Waals surface area contributed by atoms with Crippen LogP contribution in [-0.4, -0.2) is 17.5 Å². The first-order valence-electron chi connectivity index (χ1n) is 11.3. The predicted molar refractivity (Wildman–Crippen MR) is 140 cm³/mol. The number of carbonyl (C=O) groups excluding carboxylic acids is 1. The molecule has 4 aromatic carbocycles. The van der Waals surface area contributed by atoms with Gasteiger partial charge in [0.15, 0.2) is 11.7 Å². The summed E-state index contributed by atoms with van der Waals surface area (Å²) in [4.78, 5) is 17.8. The molecule has 174 valence electrons. The normalized spacial score (nSPS) is 10.7. The summed E-state index contributed by atoms with van der Waals surface area (Å²) in [5.41, 5.74) is 2.34. The van der Waals surface area contributed by atoms with E-state index in [1.54, 1.807) is 12.1 Å². The first-order valence-corrected chi connectivity index (χ1v) is 12.2. The molecule has 5 aromatic rings. The lowest BCUT2D eigenvalue weighted by Gasteiger charge is -2.08. The molecule has 0 saturated heterocycles. The van der Waals surface area contributed by atoms with Crippen LogP contribution in [0.15, 0.2) is 103 Å². The number of carbonyl (C=O) groups is 1. The summed E-state index contributed by atoms with van der Waals surface area (Å²) in [7, 11) is 0. The molecule has 0 aliphatic carbocycles. The van der Waals surface area contributed by atoms with Crippen molar-refractivity contribution in [3.8, 4) is 11.5 Å². The molecule has 0 aliphatic heterocycles. The molecule has 0 unspecified atom stereocenters. The van der Waals surface area contributed by atoms with E-state index in [1.807, 2.05) is 54.7 Å². The van der Waals surface area contributed by atoms with Crippen molar-refractivity contribution in [1.82, 2.24) is 4.98 Å². The number of amides is 1. The highest BCUT2D eigenvalue weighted by Crippen LogP contribution is 2.26. The zero-order valence-electron chi connectivity index (χ0n) is 19.0. The number of hydrogen-bond acceptors (Lipinski definition) is 5. The van der Waals surface area contributed by atoms with Crippen molar-refractivity contribution in [3.05, 3.63) is 119 Å². The highest BCUT2D eigenvalue weighted by atomic mass is 32.1. The molecule has 0 spiro atoms. The number of rotatable bonds is 9. The van der Waals surface area contributed by atoms with E-state index in [-0.39, 0.29) is 12.5 Å². The van der Waals surface area contributed by atoms with Crippen LogP contribution in [0.25, 0.3) is 10.8 Å². The Hall–Kier alpha value is -4.16. The zero-order chi connectivity index (χ0) is 23.9. The molecule has 5 rings (SSSR count). The maximum Gasteiger partial charge on any atom is 0.264 e. The highest BCUT2D eigenvalue weighted by Gasteiger charge is 2.10. The fourth-order valence-electron chi connectivity index (χ4n) is 3.76. The van der Waals surface area contributed by atoms with Gasteiger partial charge in [-0.1, -0.05) is 72.8 Å². The molecule has 0 aliphatic rings. The second kappa shape index (κ2) is 10.8. The van der Waals surface area contributed by atoms with Gasteiger partial charge in [-0.15, -0.1) is 11.3 Å². The fraction of sp³-hybridized carbons (Fsp3) is 0.103. The molecule has 5 nitrogen and oxygen atoms in total. The third-order valence-electron chi connectivity index (χ3n) is 5.49. The van der Waals surface area contributed by atoms with Crippen LogP contribution in [0.2, 0.25) is 0 Å². The molecule has 0 bridgehead atoms. The van der Waals surface area contributed by atoms with Crippen molar-refractivity contribution in [2.24, 2.45) is 0 Å². The minimum atomic E-state index is -0.250. The molecule has 6 heteroatoms. The van der Waals surface area contributed by atoms with Gasteiger partial charge in [0.05, 0.1) is 0 Å². The van der Waals surface area contributed by atoms with Crippen LogP contribution in [0.1, 0.15) is 16.0 Å². The lowest BCUT2D eigenvalue weighted by molar-refractivity contribution is -0.118. The van der Waals surface area contributed by atoms with Crippen molar-refractivity contribution in [1.29, 1.82) is 0 Å². The van der Waals surface area contributed by atoms with Crippen LogP contribution >= 0.6 is 11.3 Å². The summed E-state index contributed by atoms with van der Waals surface area (Å²) in [5, 5.41) is 5.85. The van der Waals surface area contributed by atoms with Crippen LogP contribution in [0.5, 0.6) is 11.5 Å². The molecular formula is C29H24N2O3S. The lowest BCUT2D eigenvalue weighted by Crippen LogP contribution is -2.19. The molecule has 1 N–H and O–H groups in total. The minimum Gasteiger partial charge on any atom is -0.489 e. The average Bonchev–Trinajstić information content (AvgIpc) is 3.34. The predicted octanol–water partition coefficient (Wildman–Crippen LogP) is 6.48. The second-order valence-corrected chi connectivity index (χ2v) is 9.14. The molecule has 0 atom stereocenters. The number of ether oxygens (including phenoxy) is 2. The summed E-state index contributed by atoms with van der Waals surface area (Å²) in [6.45, 7) is 0.405. The number of nitrogens with one attached hydrogen (secondary N) is 1. The van der Waals surface area contributed by atoms with Crippen LogP contribution in [0.3, 0.4) is 0 Å². The number of hydrogen-bond donors (Lipinski definition) is 1. The summed E-state index contributed by atoms with van der Waals surface area (Å²) < 4.78 is 11.4. The first kappa shape index (κ1) is 22.6. The van der Waals surface area contributed by atoms with E-state index in [9.17, 15) is 4.79 Å². The van der Waals surface area contributed by atoms with Crippen molar-refractivity contribution in [2.75, 3.05) is 11.9 Å². The molecule has 1 aromatic heterocycles. The largest absolute Gasteiger partial charge is 0.489 e. The standard InChI is InChI=1S/C29H24N2O3S/c32-28(20-34-25-15-13-24(14-16-25)33-19-21-7-2-1-3-8-21)31-29-30-18-26(35-29)17-23-11-6-10-22-9-4-5-12-27(22)23/h1-16,18H,17,19-20H2,(H,30,31,32). The molecular weight excluding hydrogens is 456 g/mol. The van der Waals surface area contributed by atoms with Gasteiger partial charge in [-0.3, -0.25) is 10.1 Å². The van der Waals surface area contributed by atoms with Crippen LogP contribution in [0, 0.1) is 0 Å². The number of aromatic nitrogens is 1. The Bertz CT molecular complexity index is 1410. The smallest absolute Gasteiger partial charge is 0.264 e. The Morgan fingerprint density at radius 1 is 0.800 bits per heavy atom. The lowest BCUT2D eigenvalue weighted by atomic mass is 10.0. The van der Waals surface area contributed by atoms with Crippen LogP contribution in [-0.2, 0) is 17.8 Å². The fourth-order valence-corrected chi connectivity index (χ4v) is 4.61. The van der Waals surface area contributed by atoms with Crippen molar-refractivity contribution in [2.45, 2.75) is 13.0 Å². The number of benzene rings is 4. The molecule has 1 amide bonds. The summed E-state index contributed by atoms with van der Waals surface area (Å²) in [6, 6.07) is 31.9. The minimum absolute atomic E-state index is 0.0948. The van der Waals surface area contributed by atoms with Crippen molar-refractivity contribution >= 4 is 33.1 Å². The number of nitrogens with zero attached hydrogens (tertiary/aromatic N) is 1. The molecule has 0 radical (unpaired) electrons. The van der Waals surface area contributed by atoms with Gasteiger partial charge in [0.1, 0.15) is 18.1 Å². The monoisotopic (exact) mass is 480 g/mol. The summed E-state index contributed by atoms with van der Waals surface area (Å²) in [6.07, 6.45) is 2.58. The van der Waals surface area contributed by atoms with Gasteiger partial charge in [0.25, 0.3) is 5.91 Å². The maximum atomic E-state index is 12.4. The summed E-state index contributed by atoms with van der Waals surface area (Å²) in [5.74, 6) is 1.09. The van der Waals surface area contributed by atoms with E-state index in [0.717, 1.165) is 22.6 Å². The topological polar surface area (TPSA) is 60.5 Å². The van der Waals surface area contributed by atoms with Gasteiger partial charge in [-0.2, -0.15) is 0 Å². The van der Waals surface area contributed by atoms with E-state index < -0.39 is 0 Å². The molecule has 0 fully saturated rings. The maximum absolute atomic E-state index is 12.4. The summed E-state index contributed by atoms with van der Waals surface area (Å²) >= 11 is 1.48. The van der Waals surface area contributed by atoms with Crippen LogP contribution < -0.4 is 14.8 Å². The quantitative estimate of drug-likeness (QED) is 0.262. The Labute approximate surface area is 208 Å². The van der Waals surface area contributed by atoms with Gasteiger partial charge < -0.3 is 9.47 Å². The van der Waals surface area contributed by atoms with E-state index >= 15 is 0 Å². The Morgan fingerprint density at radius 2 is 1.51 bits per heavy atom. The van der Waals surface area contributed by atoms with Gasteiger partial charge in [0.2, 0.25) is 0 Å². The SMILES string of the molecule is O=C(COc1ccc(OCc2ccccc2)cc1)Nc1ncc(Cc2cccc3ccccc23)s1. The van der Waals surface area contributed by atoms with Gasteiger partial charge in [-0.05, 0) is 46.2 Å². The van der Waals surface area contributed by atoms with E-state index in [1.165, 1.54) is 27.7 Å².